The molecule has 0 aromatic heterocycles. The van der Waals surface area contributed by atoms with Gasteiger partial charge in [-0.3, -0.25) is 15.5 Å². The fourth-order valence-electron chi connectivity index (χ4n) is 1.87. The predicted octanol–water partition coefficient (Wildman–Crippen LogP) is 1.67. The number of nitrogens with zero attached hydrogens (tertiary/aromatic N) is 1. The minimum atomic E-state index is -0.365. The SMILES string of the molecule is CN(C)c1cc(C(=O)NC(=N)N)ccc1C(C)(C)C. The van der Waals surface area contributed by atoms with Gasteiger partial charge in [0.25, 0.3) is 5.91 Å². The lowest BCUT2D eigenvalue weighted by molar-refractivity contribution is 0.0976. The van der Waals surface area contributed by atoms with Gasteiger partial charge in [-0.15, -0.1) is 0 Å². The lowest BCUT2D eigenvalue weighted by atomic mass is 9.85. The van der Waals surface area contributed by atoms with Crippen molar-refractivity contribution in [2.24, 2.45) is 5.73 Å². The second kappa shape index (κ2) is 5.30. The molecule has 1 aromatic carbocycles. The van der Waals surface area contributed by atoms with Crippen LogP contribution in [0.5, 0.6) is 0 Å². The fraction of sp³-hybridized carbons (Fsp3) is 0.429. The highest BCUT2D eigenvalue weighted by Gasteiger charge is 2.20. The highest BCUT2D eigenvalue weighted by atomic mass is 16.1. The normalized spacial score (nSPS) is 11.0. The van der Waals surface area contributed by atoms with Crippen LogP contribution in [0.2, 0.25) is 0 Å². The van der Waals surface area contributed by atoms with Gasteiger partial charge in [0, 0.05) is 25.3 Å². The Morgan fingerprint density at radius 3 is 2.32 bits per heavy atom. The van der Waals surface area contributed by atoms with Crippen molar-refractivity contribution < 1.29 is 4.79 Å². The summed E-state index contributed by atoms with van der Waals surface area (Å²) in [5.41, 5.74) is 7.81. The third-order valence-electron chi connectivity index (χ3n) is 2.80. The number of hydrogen-bond donors (Lipinski definition) is 3. The summed E-state index contributed by atoms with van der Waals surface area (Å²) in [5, 5.41) is 9.38. The average Bonchev–Trinajstić information content (AvgIpc) is 2.25. The van der Waals surface area contributed by atoms with Gasteiger partial charge in [-0.25, -0.2) is 0 Å². The number of anilines is 1. The van der Waals surface area contributed by atoms with Crippen molar-refractivity contribution in [3.05, 3.63) is 29.3 Å². The van der Waals surface area contributed by atoms with Crippen LogP contribution in [0.4, 0.5) is 5.69 Å². The molecule has 0 aliphatic rings. The molecule has 1 aromatic rings. The van der Waals surface area contributed by atoms with Crippen LogP contribution in [-0.2, 0) is 5.41 Å². The van der Waals surface area contributed by atoms with Crippen LogP contribution in [0.1, 0.15) is 36.7 Å². The van der Waals surface area contributed by atoms with Crippen LogP contribution in [-0.4, -0.2) is 26.0 Å². The number of amides is 1. The molecule has 0 saturated heterocycles. The Kier molecular flexibility index (Phi) is 4.19. The van der Waals surface area contributed by atoms with E-state index in [4.69, 9.17) is 11.1 Å². The number of benzene rings is 1. The molecular weight excluding hydrogens is 240 g/mol. The molecule has 0 bridgehead atoms. The number of hydrogen-bond acceptors (Lipinski definition) is 3. The van der Waals surface area contributed by atoms with Crippen molar-refractivity contribution in [2.45, 2.75) is 26.2 Å². The van der Waals surface area contributed by atoms with E-state index in [1.807, 2.05) is 31.1 Å². The van der Waals surface area contributed by atoms with Gasteiger partial charge in [-0.1, -0.05) is 26.8 Å². The van der Waals surface area contributed by atoms with Gasteiger partial charge in [0.05, 0.1) is 0 Å². The number of nitrogens with one attached hydrogen (secondary N) is 2. The molecule has 1 amide bonds. The molecule has 19 heavy (non-hydrogen) atoms. The van der Waals surface area contributed by atoms with Gasteiger partial charge >= 0.3 is 0 Å². The number of rotatable bonds is 2. The maximum Gasteiger partial charge on any atom is 0.258 e. The molecule has 1 rings (SSSR count). The Labute approximate surface area is 114 Å². The molecule has 0 aliphatic heterocycles. The molecule has 0 fully saturated rings. The van der Waals surface area contributed by atoms with Crippen LogP contribution < -0.4 is 16.0 Å². The van der Waals surface area contributed by atoms with E-state index in [9.17, 15) is 4.79 Å². The third-order valence-corrected chi connectivity index (χ3v) is 2.80. The minimum Gasteiger partial charge on any atom is -0.377 e. The van der Waals surface area contributed by atoms with Crippen LogP contribution >= 0.6 is 0 Å². The van der Waals surface area contributed by atoms with Gasteiger partial charge < -0.3 is 10.6 Å². The second-order valence-corrected chi connectivity index (χ2v) is 5.74. The van der Waals surface area contributed by atoms with Crippen molar-refractivity contribution in [3.63, 3.8) is 0 Å². The number of guanidine groups is 1. The van der Waals surface area contributed by atoms with Crippen molar-refractivity contribution in [3.8, 4) is 0 Å². The first-order valence-corrected chi connectivity index (χ1v) is 6.10. The first-order chi connectivity index (χ1) is 8.62. The summed E-state index contributed by atoms with van der Waals surface area (Å²) < 4.78 is 0. The van der Waals surface area contributed by atoms with E-state index < -0.39 is 0 Å². The summed E-state index contributed by atoms with van der Waals surface area (Å²) in [5.74, 6) is -0.715. The fourth-order valence-corrected chi connectivity index (χ4v) is 1.87. The van der Waals surface area contributed by atoms with Crippen molar-refractivity contribution >= 4 is 17.6 Å². The van der Waals surface area contributed by atoms with Gasteiger partial charge in [0.2, 0.25) is 0 Å². The summed E-state index contributed by atoms with van der Waals surface area (Å²) in [7, 11) is 3.88. The van der Waals surface area contributed by atoms with Gasteiger partial charge in [0.15, 0.2) is 5.96 Å². The molecule has 104 valence electrons. The molecule has 0 unspecified atom stereocenters. The smallest absolute Gasteiger partial charge is 0.258 e. The van der Waals surface area contributed by atoms with E-state index in [1.165, 1.54) is 0 Å². The van der Waals surface area contributed by atoms with Crippen molar-refractivity contribution in [2.75, 3.05) is 19.0 Å². The molecule has 0 atom stereocenters. The van der Waals surface area contributed by atoms with Crippen LogP contribution in [0.15, 0.2) is 18.2 Å². The molecule has 5 heteroatoms. The molecular formula is C14H22N4O. The summed E-state index contributed by atoms with van der Waals surface area (Å²) in [6.45, 7) is 6.39. The van der Waals surface area contributed by atoms with E-state index in [0.717, 1.165) is 11.3 Å². The van der Waals surface area contributed by atoms with E-state index in [0.29, 0.717) is 5.56 Å². The minimum absolute atomic E-state index is 0.00478. The third kappa shape index (κ3) is 3.71. The van der Waals surface area contributed by atoms with Crippen LogP contribution in [0, 0.1) is 5.41 Å². The highest BCUT2D eigenvalue weighted by molar-refractivity contribution is 6.05. The zero-order valence-corrected chi connectivity index (χ0v) is 12.2. The second-order valence-electron chi connectivity index (χ2n) is 5.74. The first kappa shape index (κ1) is 15.0. The summed E-state index contributed by atoms with van der Waals surface area (Å²) >= 11 is 0. The van der Waals surface area contributed by atoms with Crippen LogP contribution in [0.3, 0.4) is 0 Å². The number of carbonyl (C=O) groups is 1. The molecule has 0 saturated carbocycles. The Morgan fingerprint density at radius 2 is 1.89 bits per heavy atom. The zero-order chi connectivity index (χ0) is 14.8. The molecule has 5 nitrogen and oxygen atoms in total. The molecule has 4 N–H and O–H groups in total. The number of carbonyl (C=O) groups excluding carboxylic acids is 1. The van der Waals surface area contributed by atoms with Gasteiger partial charge in [-0.05, 0) is 23.1 Å². The zero-order valence-electron chi connectivity index (χ0n) is 12.2. The Hall–Kier alpha value is -2.04. The van der Waals surface area contributed by atoms with E-state index in [2.05, 4.69) is 26.1 Å². The molecule has 0 heterocycles. The Bertz CT molecular complexity index is 501. The predicted molar refractivity (Wildman–Crippen MR) is 78.8 cm³/mol. The maximum absolute atomic E-state index is 11.8. The Morgan fingerprint density at radius 1 is 1.32 bits per heavy atom. The monoisotopic (exact) mass is 262 g/mol. The largest absolute Gasteiger partial charge is 0.377 e. The molecule has 0 aliphatic carbocycles. The summed E-state index contributed by atoms with van der Waals surface area (Å²) in [6, 6.07) is 5.52. The highest BCUT2D eigenvalue weighted by Crippen LogP contribution is 2.31. The lowest BCUT2D eigenvalue weighted by Crippen LogP contribution is -2.35. The van der Waals surface area contributed by atoms with Gasteiger partial charge in [-0.2, -0.15) is 0 Å². The molecule has 0 spiro atoms. The van der Waals surface area contributed by atoms with Crippen molar-refractivity contribution in [1.29, 1.82) is 5.41 Å². The van der Waals surface area contributed by atoms with Crippen LogP contribution in [0.25, 0.3) is 0 Å². The first-order valence-electron chi connectivity index (χ1n) is 6.10. The lowest BCUT2D eigenvalue weighted by Gasteiger charge is -2.27. The molecule has 0 radical (unpaired) electrons. The van der Waals surface area contributed by atoms with E-state index in [1.54, 1.807) is 6.07 Å². The summed E-state index contributed by atoms with van der Waals surface area (Å²) in [4.78, 5) is 13.8. The van der Waals surface area contributed by atoms with Gasteiger partial charge in [0.1, 0.15) is 0 Å². The quantitative estimate of drug-likeness (QED) is 0.560. The number of nitrogens with two attached hydrogens (primary N) is 1. The average molecular weight is 262 g/mol. The topological polar surface area (TPSA) is 82.2 Å². The van der Waals surface area contributed by atoms with E-state index in [-0.39, 0.29) is 17.3 Å². The maximum atomic E-state index is 11.8. The Balaban J connectivity index is 3.24. The van der Waals surface area contributed by atoms with Crippen molar-refractivity contribution in [1.82, 2.24) is 5.32 Å². The standard InChI is InChI=1S/C14H22N4O/c1-14(2,3)10-7-6-9(8-11(10)18(4)5)12(19)17-13(15)16/h6-8H,1-5H3,(H4,15,16,17,19). The van der Waals surface area contributed by atoms with E-state index >= 15 is 0 Å². The summed E-state index contributed by atoms with van der Waals surface area (Å²) in [6.07, 6.45) is 0.